The third-order valence-corrected chi connectivity index (χ3v) is 4.35. The Morgan fingerprint density at radius 2 is 2.10 bits per heavy atom. The van der Waals surface area contributed by atoms with Gasteiger partial charge in [0.25, 0.3) is 0 Å². The SMILES string of the molecule is COc1ccc2[nH]c(CC3(C(=O)O)CCCCC3)nc2n1. The van der Waals surface area contributed by atoms with Crippen molar-refractivity contribution in [1.29, 1.82) is 0 Å². The average molecular weight is 289 g/mol. The van der Waals surface area contributed by atoms with Crippen LogP contribution in [0.25, 0.3) is 11.2 Å². The number of pyridine rings is 1. The lowest BCUT2D eigenvalue weighted by Crippen LogP contribution is -2.35. The first-order chi connectivity index (χ1) is 10.1. The van der Waals surface area contributed by atoms with Crippen LogP contribution in [-0.4, -0.2) is 33.1 Å². The van der Waals surface area contributed by atoms with E-state index in [2.05, 4.69) is 15.0 Å². The minimum absolute atomic E-state index is 0.432. The lowest BCUT2D eigenvalue weighted by atomic mass is 9.72. The quantitative estimate of drug-likeness (QED) is 0.903. The maximum atomic E-state index is 11.7. The molecule has 112 valence electrons. The summed E-state index contributed by atoms with van der Waals surface area (Å²) in [5, 5.41) is 9.63. The molecule has 2 aromatic rings. The number of hydrogen-bond donors (Lipinski definition) is 2. The largest absolute Gasteiger partial charge is 0.481 e. The summed E-state index contributed by atoms with van der Waals surface area (Å²) in [6.45, 7) is 0. The molecule has 0 radical (unpaired) electrons. The lowest BCUT2D eigenvalue weighted by molar-refractivity contribution is -0.151. The number of rotatable bonds is 4. The van der Waals surface area contributed by atoms with Gasteiger partial charge in [0.05, 0.1) is 18.0 Å². The first kappa shape index (κ1) is 13.9. The van der Waals surface area contributed by atoms with Crippen LogP contribution in [0.15, 0.2) is 12.1 Å². The van der Waals surface area contributed by atoms with E-state index in [1.54, 1.807) is 13.2 Å². The zero-order chi connectivity index (χ0) is 14.9. The number of nitrogens with one attached hydrogen (secondary N) is 1. The summed E-state index contributed by atoms with van der Waals surface area (Å²) in [5.41, 5.74) is 0.693. The fourth-order valence-electron chi connectivity index (χ4n) is 3.14. The molecule has 0 saturated heterocycles. The van der Waals surface area contributed by atoms with E-state index in [-0.39, 0.29) is 0 Å². The summed E-state index contributed by atoms with van der Waals surface area (Å²) in [5.74, 6) is 0.481. The molecule has 2 heterocycles. The molecule has 0 aliphatic heterocycles. The third-order valence-electron chi connectivity index (χ3n) is 4.35. The van der Waals surface area contributed by atoms with E-state index in [9.17, 15) is 9.90 Å². The predicted molar refractivity (Wildman–Crippen MR) is 77.3 cm³/mol. The molecule has 0 unspecified atom stereocenters. The van der Waals surface area contributed by atoms with Crippen LogP contribution in [0.4, 0.5) is 0 Å². The van der Waals surface area contributed by atoms with E-state index in [4.69, 9.17) is 4.74 Å². The number of fused-ring (bicyclic) bond motifs is 1. The molecule has 1 aliphatic carbocycles. The van der Waals surface area contributed by atoms with Crippen molar-refractivity contribution in [3.63, 3.8) is 0 Å². The van der Waals surface area contributed by atoms with Crippen molar-refractivity contribution >= 4 is 17.1 Å². The highest BCUT2D eigenvalue weighted by Gasteiger charge is 2.40. The fourth-order valence-corrected chi connectivity index (χ4v) is 3.14. The van der Waals surface area contributed by atoms with Gasteiger partial charge in [-0.15, -0.1) is 0 Å². The molecular formula is C15H19N3O3. The Morgan fingerprint density at radius 1 is 1.33 bits per heavy atom. The van der Waals surface area contributed by atoms with Crippen LogP contribution in [0.3, 0.4) is 0 Å². The van der Waals surface area contributed by atoms with E-state index in [1.807, 2.05) is 6.07 Å². The number of ether oxygens (including phenoxy) is 1. The van der Waals surface area contributed by atoms with Gasteiger partial charge in [-0.2, -0.15) is 4.98 Å². The van der Waals surface area contributed by atoms with Crippen LogP contribution >= 0.6 is 0 Å². The monoisotopic (exact) mass is 289 g/mol. The third kappa shape index (κ3) is 2.57. The van der Waals surface area contributed by atoms with Gasteiger partial charge >= 0.3 is 5.97 Å². The highest BCUT2D eigenvalue weighted by atomic mass is 16.5. The summed E-state index contributed by atoms with van der Waals surface area (Å²) in [6, 6.07) is 3.61. The van der Waals surface area contributed by atoms with Crippen molar-refractivity contribution in [2.45, 2.75) is 38.5 Å². The highest BCUT2D eigenvalue weighted by Crippen LogP contribution is 2.39. The van der Waals surface area contributed by atoms with Gasteiger partial charge < -0.3 is 14.8 Å². The molecule has 6 nitrogen and oxygen atoms in total. The Morgan fingerprint density at radius 3 is 2.76 bits per heavy atom. The maximum absolute atomic E-state index is 11.7. The van der Waals surface area contributed by atoms with E-state index in [1.165, 1.54) is 0 Å². The lowest BCUT2D eigenvalue weighted by Gasteiger charge is -2.32. The van der Waals surface area contributed by atoms with Crippen LogP contribution < -0.4 is 4.74 Å². The number of carbonyl (C=O) groups is 1. The normalized spacial score (nSPS) is 17.8. The number of aromatic amines is 1. The average Bonchev–Trinajstić information content (AvgIpc) is 2.88. The Balaban J connectivity index is 1.90. The number of carboxylic acid groups (broad SMARTS) is 1. The number of hydrogen-bond acceptors (Lipinski definition) is 4. The molecule has 0 atom stereocenters. The first-order valence-electron chi connectivity index (χ1n) is 7.26. The van der Waals surface area contributed by atoms with Gasteiger partial charge in [0.2, 0.25) is 5.88 Å². The van der Waals surface area contributed by atoms with Crippen LogP contribution in [0.5, 0.6) is 5.88 Å². The number of imidazole rings is 1. The second kappa shape index (κ2) is 5.35. The number of aliphatic carboxylic acids is 1. The molecule has 21 heavy (non-hydrogen) atoms. The molecule has 1 aliphatic rings. The molecule has 3 rings (SSSR count). The zero-order valence-electron chi connectivity index (χ0n) is 12.1. The van der Waals surface area contributed by atoms with Crippen LogP contribution in [0.1, 0.15) is 37.9 Å². The van der Waals surface area contributed by atoms with Crippen LogP contribution in [0, 0.1) is 5.41 Å². The molecule has 0 bridgehead atoms. The van der Waals surface area contributed by atoms with E-state index < -0.39 is 11.4 Å². The van der Waals surface area contributed by atoms with Gasteiger partial charge in [-0.3, -0.25) is 4.79 Å². The number of nitrogens with zero attached hydrogens (tertiary/aromatic N) is 2. The number of H-pyrrole nitrogens is 1. The van der Waals surface area contributed by atoms with Crippen LogP contribution in [-0.2, 0) is 11.2 Å². The van der Waals surface area contributed by atoms with Crippen molar-refractivity contribution in [2.75, 3.05) is 7.11 Å². The Hall–Kier alpha value is -2.11. The van der Waals surface area contributed by atoms with Gasteiger partial charge in [-0.1, -0.05) is 19.3 Å². The van der Waals surface area contributed by atoms with Gasteiger partial charge in [0, 0.05) is 12.5 Å². The van der Waals surface area contributed by atoms with Crippen molar-refractivity contribution < 1.29 is 14.6 Å². The Kier molecular flexibility index (Phi) is 3.53. The van der Waals surface area contributed by atoms with Crippen molar-refractivity contribution in [3.05, 3.63) is 18.0 Å². The van der Waals surface area contributed by atoms with Gasteiger partial charge in [0.15, 0.2) is 5.65 Å². The predicted octanol–water partition coefficient (Wildman–Crippen LogP) is 2.54. The molecule has 6 heteroatoms. The maximum Gasteiger partial charge on any atom is 0.310 e. The number of carboxylic acids is 1. The summed E-state index contributed by atoms with van der Waals surface area (Å²) < 4.78 is 5.08. The first-order valence-corrected chi connectivity index (χ1v) is 7.26. The highest BCUT2D eigenvalue weighted by molar-refractivity contribution is 5.76. The standard InChI is InChI=1S/C15H19N3O3/c1-21-12-6-5-10-13(18-12)17-11(16-10)9-15(14(19)20)7-3-2-4-8-15/h5-6H,2-4,7-9H2,1H3,(H,19,20)(H,16,17,18). The molecular weight excluding hydrogens is 270 g/mol. The van der Waals surface area contributed by atoms with Crippen molar-refractivity contribution in [1.82, 2.24) is 15.0 Å². The number of aromatic nitrogens is 3. The van der Waals surface area contributed by atoms with Gasteiger partial charge in [0.1, 0.15) is 5.82 Å². The van der Waals surface area contributed by atoms with Crippen molar-refractivity contribution in [2.24, 2.45) is 5.41 Å². The van der Waals surface area contributed by atoms with E-state index in [0.29, 0.717) is 23.8 Å². The molecule has 1 saturated carbocycles. The molecule has 0 spiro atoms. The zero-order valence-corrected chi connectivity index (χ0v) is 12.1. The minimum atomic E-state index is -0.715. The minimum Gasteiger partial charge on any atom is -0.481 e. The number of methoxy groups -OCH3 is 1. The van der Waals surface area contributed by atoms with Gasteiger partial charge in [-0.05, 0) is 18.9 Å². The van der Waals surface area contributed by atoms with Crippen LogP contribution in [0.2, 0.25) is 0 Å². The summed E-state index contributed by atoms with van der Waals surface area (Å²) in [7, 11) is 1.56. The molecule has 2 N–H and O–H groups in total. The summed E-state index contributed by atoms with van der Waals surface area (Å²) in [6.07, 6.45) is 4.93. The topological polar surface area (TPSA) is 88.1 Å². The summed E-state index contributed by atoms with van der Waals surface area (Å²) in [4.78, 5) is 23.6. The second-order valence-corrected chi connectivity index (χ2v) is 5.73. The second-order valence-electron chi connectivity index (χ2n) is 5.73. The molecule has 1 fully saturated rings. The molecule has 0 aromatic carbocycles. The molecule has 2 aromatic heterocycles. The summed E-state index contributed by atoms with van der Waals surface area (Å²) >= 11 is 0. The Bertz CT molecular complexity index is 659. The van der Waals surface area contributed by atoms with Crippen molar-refractivity contribution in [3.8, 4) is 5.88 Å². The Labute approximate surface area is 122 Å². The smallest absolute Gasteiger partial charge is 0.310 e. The van der Waals surface area contributed by atoms with E-state index in [0.717, 1.165) is 37.6 Å². The fraction of sp³-hybridized carbons (Fsp3) is 0.533. The van der Waals surface area contributed by atoms with E-state index >= 15 is 0 Å². The van der Waals surface area contributed by atoms with Gasteiger partial charge in [-0.25, -0.2) is 4.98 Å². The molecule has 0 amide bonds.